The Balaban J connectivity index is 1.78. The van der Waals surface area contributed by atoms with Crippen LogP contribution >= 0.6 is 11.6 Å². The van der Waals surface area contributed by atoms with Crippen LogP contribution in [0.25, 0.3) is 28.4 Å². The minimum absolute atomic E-state index is 0.0907. The molecule has 1 heterocycles. The molecule has 0 amide bonds. The average molecular weight is 491 g/mol. The van der Waals surface area contributed by atoms with Crippen molar-refractivity contribution in [3.63, 3.8) is 0 Å². The summed E-state index contributed by atoms with van der Waals surface area (Å²) in [4.78, 5) is 26.2. The van der Waals surface area contributed by atoms with E-state index in [1.807, 2.05) is 19.9 Å². The van der Waals surface area contributed by atoms with Gasteiger partial charge in [-0.25, -0.2) is 4.79 Å². The fourth-order valence-electron chi connectivity index (χ4n) is 3.80. The maximum Gasteiger partial charge on any atom is 0.336 e. The third-order valence-corrected chi connectivity index (χ3v) is 5.75. The second kappa shape index (κ2) is 10.1. The number of ether oxygens (including phenoxy) is 3. The molecule has 3 aromatic carbocycles. The number of esters is 1. The fourth-order valence-corrected chi connectivity index (χ4v) is 4.02. The van der Waals surface area contributed by atoms with E-state index in [-0.39, 0.29) is 11.5 Å². The number of methoxy groups -OCH3 is 2. The Morgan fingerprint density at radius 2 is 1.71 bits per heavy atom. The van der Waals surface area contributed by atoms with Crippen molar-refractivity contribution in [3.8, 4) is 28.6 Å². The van der Waals surface area contributed by atoms with E-state index in [0.717, 1.165) is 11.1 Å². The van der Waals surface area contributed by atoms with Gasteiger partial charge >= 0.3 is 5.97 Å². The molecular formula is C28H23ClO6. The molecule has 0 saturated carbocycles. The van der Waals surface area contributed by atoms with E-state index in [4.69, 9.17) is 30.2 Å². The molecule has 0 N–H and O–H groups in total. The predicted octanol–water partition coefficient (Wildman–Crippen LogP) is 6.37. The van der Waals surface area contributed by atoms with Crippen LogP contribution in [0.1, 0.15) is 16.7 Å². The smallest absolute Gasteiger partial charge is 0.336 e. The number of halogens is 1. The van der Waals surface area contributed by atoms with Crippen LogP contribution in [0.15, 0.2) is 69.9 Å². The van der Waals surface area contributed by atoms with Crippen LogP contribution in [0, 0.1) is 13.8 Å². The molecule has 4 rings (SSSR count). The number of carbonyl (C=O) groups excluding carboxylic acids is 1. The number of hydrogen-bond donors (Lipinski definition) is 0. The lowest BCUT2D eigenvalue weighted by Gasteiger charge is -2.12. The van der Waals surface area contributed by atoms with Crippen LogP contribution in [-0.2, 0) is 4.79 Å². The second-order valence-electron chi connectivity index (χ2n) is 7.90. The summed E-state index contributed by atoms with van der Waals surface area (Å²) < 4.78 is 22.2. The van der Waals surface area contributed by atoms with Crippen molar-refractivity contribution >= 4 is 34.6 Å². The van der Waals surface area contributed by atoms with Crippen molar-refractivity contribution in [2.45, 2.75) is 13.8 Å². The number of aryl methyl sites for hydroxylation is 2. The quantitative estimate of drug-likeness (QED) is 0.231. The lowest BCUT2D eigenvalue weighted by atomic mass is 10.1. The summed E-state index contributed by atoms with van der Waals surface area (Å²) in [6.45, 7) is 3.73. The molecule has 35 heavy (non-hydrogen) atoms. The van der Waals surface area contributed by atoms with Gasteiger partial charge in [0.05, 0.1) is 24.6 Å². The zero-order valence-corrected chi connectivity index (χ0v) is 20.4. The molecule has 178 valence electrons. The Labute approximate surface area is 207 Å². The van der Waals surface area contributed by atoms with Gasteiger partial charge in [0.25, 0.3) is 0 Å². The van der Waals surface area contributed by atoms with Crippen molar-refractivity contribution in [3.05, 3.63) is 92.6 Å². The van der Waals surface area contributed by atoms with Gasteiger partial charge < -0.3 is 18.6 Å². The molecule has 0 aliphatic rings. The Morgan fingerprint density at radius 1 is 0.971 bits per heavy atom. The summed E-state index contributed by atoms with van der Waals surface area (Å²) >= 11 is 6.39. The first-order valence-corrected chi connectivity index (χ1v) is 11.1. The van der Waals surface area contributed by atoms with E-state index in [0.29, 0.717) is 38.6 Å². The molecule has 0 unspecified atom stereocenters. The first-order chi connectivity index (χ1) is 16.8. The van der Waals surface area contributed by atoms with Crippen molar-refractivity contribution in [1.29, 1.82) is 0 Å². The van der Waals surface area contributed by atoms with E-state index in [1.165, 1.54) is 13.2 Å². The summed E-state index contributed by atoms with van der Waals surface area (Å²) in [5, 5.41) is 0.683. The largest absolute Gasteiger partial charge is 0.493 e. The van der Waals surface area contributed by atoms with Gasteiger partial charge in [-0.2, -0.15) is 0 Å². The van der Waals surface area contributed by atoms with E-state index in [9.17, 15) is 9.59 Å². The number of benzene rings is 3. The maximum atomic E-state index is 13.5. The van der Waals surface area contributed by atoms with Crippen LogP contribution in [0.5, 0.6) is 17.2 Å². The van der Waals surface area contributed by atoms with Crippen molar-refractivity contribution < 1.29 is 23.4 Å². The standard InChI is InChI=1S/C28H23ClO6/c1-16-13-17(2)26-20(14-16)25(31)28(27(35-26)19-7-5-6-8-21(19)29)34-24(30)12-10-18-9-11-22(32-3)23(15-18)33-4/h5-15H,1-4H3. The number of rotatable bonds is 6. The molecule has 0 saturated heterocycles. The Bertz CT molecular complexity index is 1520. The maximum absolute atomic E-state index is 13.5. The number of carbonyl (C=O) groups is 1. The third-order valence-electron chi connectivity index (χ3n) is 5.42. The van der Waals surface area contributed by atoms with Gasteiger partial charge in [-0.3, -0.25) is 4.79 Å². The molecule has 0 radical (unpaired) electrons. The van der Waals surface area contributed by atoms with E-state index >= 15 is 0 Å². The lowest BCUT2D eigenvalue weighted by molar-refractivity contribution is -0.129. The van der Waals surface area contributed by atoms with Gasteiger partial charge in [0.15, 0.2) is 17.3 Å². The van der Waals surface area contributed by atoms with Crippen LogP contribution in [0.2, 0.25) is 5.02 Å². The van der Waals surface area contributed by atoms with Gasteiger partial charge in [-0.15, -0.1) is 0 Å². The normalized spacial score (nSPS) is 11.1. The zero-order valence-electron chi connectivity index (χ0n) is 19.7. The minimum Gasteiger partial charge on any atom is -0.493 e. The Kier molecular flexibility index (Phi) is 6.94. The molecule has 0 aliphatic carbocycles. The van der Waals surface area contributed by atoms with Crippen LogP contribution in [0.4, 0.5) is 0 Å². The SMILES string of the molecule is COc1ccc(C=CC(=O)Oc2c(-c3ccccc3Cl)oc3c(C)cc(C)cc3c2=O)cc1OC. The van der Waals surface area contributed by atoms with Crippen LogP contribution < -0.4 is 19.6 Å². The van der Waals surface area contributed by atoms with E-state index < -0.39 is 11.4 Å². The van der Waals surface area contributed by atoms with Crippen molar-refractivity contribution in [2.24, 2.45) is 0 Å². The first kappa shape index (κ1) is 24.1. The van der Waals surface area contributed by atoms with Crippen molar-refractivity contribution in [1.82, 2.24) is 0 Å². The highest BCUT2D eigenvalue weighted by Gasteiger charge is 2.22. The molecule has 0 spiro atoms. The number of fused-ring (bicyclic) bond motifs is 1. The fraction of sp³-hybridized carbons (Fsp3) is 0.143. The minimum atomic E-state index is -0.746. The summed E-state index contributed by atoms with van der Waals surface area (Å²) in [6.07, 6.45) is 2.78. The molecule has 0 aliphatic heterocycles. The molecule has 0 fully saturated rings. The first-order valence-electron chi connectivity index (χ1n) is 10.8. The van der Waals surface area contributed by atoms with Crippen LogP contribution in [0.3, 0.4) is 0 Å². The Morgan fingerprint density at radius 3 is 2.43 bits per heavy atom. The second-order valence-corrected chi connectivity index (χ2v) is 8.30. The predicted molar refractivity (Wildman–Crippen MR) is 137 cm³/mol. The Hall–Kier alpha value is -4.03. The molecule has 4 aromatic rings. The monoisotopic (exact) mass is 490 g/mol. The molecule has 0 bridgehead atoms. The molecule has 7 heteroatoms. The highest BCUT2D eigenvalue weighted by Crippen LogP contribution is 2.36. The summed E-state index contributed by atoms with van der Waals surface area (Å²) in [5.41, 5.74) is 2.76. The lowest BCUT2D eigenvalue weighted by Crippen LogP contribution is -2.15. The van der Waals surface area contributed by atoms with Gasteiger partial charge in [-0.1, -0.05) is 35.9 Å². The topological polar surface area (TPSA) is 75.0 Å². The summed E-state index contributed by atoms with van der Waals surface area (Å²) in [6, 6.07) is 15.7. The van der Waals surface area contributed by atoms with Gasteiger partial charge in [0.1, 0.15) is 5.58 Å². The van der Waals surface area contributed by atoms with Crippen molar-refractivity contribution in [2.75, 3.05) is 14.2 Å². The zero-order chi connectivity index (χ0) is 25.1. The highest BCUT2D eigenvalue weighted by molar-refractivity contribution is 6.33. The van der Waals surface area contributed by atoms with E-state index in [1.54, 1.807) is 61.7 Å². The molecule has 0 atom stereocenters. The summed E-state index contributed by atoms with van der Waals surface area (Å²) in [5.74, 6) is 0.204. The van der Waals surface area contributed by atoms with Gasteiger partial charge in [0, 0.05) is 11.6 Å². The molecule has 1 aromatic heterocycles. The van der Waals surface area contributed by atoms with E-state index in [2.05, 4.69) is 0 Å². The number of hydrogen-bond acceptors (Lipinski definition) is 6. The third kappa shape index (κ3) is 4.93. The molecular weight excluding hydrogens is 468 g/mol. The van der Waals surface area contributed by atoms with Gasteiger partial charge in [-0.05, 0) is 66.9 Å². The molecule has 6 nitrogen and oxygen atoms in total. The summed E-state index contributed by atoms with van der Waals surface area (Å²) in [7, 11) is 3.07. The average Bonchev–Trinajstić information content (AvgIpc) is 2.85. The van der Waals surface area contributed by atoms with Crippen LogP contribution in [-0.4, -0.2) is 20.2 Å². The highest BCUT2D eigenvalue weighted by atomic mass is 35.5. The van der Waals surface area contributed by atoms with Gasteiger partial charge in [0.2, 0.25) is 11.2 Å².